The van der Waals surface area contributed by atoms with E-state index in [0.29, 0.717) is 6.42 Å². The molecular formula is C43H79NO13. The zero-order chi connectivity index (χ0) is 41.8. The molecule has 334 valence electrons. The van der Waals surface area contributed by atoms with Gasteiger partial charge in [-0.2, -0.15) is 0 Å². The van der Waals surface area contributed by atoms with Crippen molar-refractivity contribution < 1.29 is 64.6 Å². The lowest BCUT2D eigenvalue weighted by molar-refractivity contribution is -0.359. The van der Waals surface area contributed by atoms with Gasteiger partial charge in [-0.15, -0.1) is 0 Å². The van der Waals surface area contributed by atoms with Crippen molar-refractivity contribution in [3.63, 3.8) is 0 Å². The molecule has 0 spiro atoms. The highest BCUT2D eigenvalue weighted by atomic mass is 16.7. The predicted octanol–water partition coefficient (Wildman–Crippen LogP) is 3.82. The molecule has 2 fully saturated rings. The first-order chi connectivity index (χ1) is 27.6. The Morgan fingerprint density at radius 1 is 0.614 bits per heavy atom. The van der Waals surface area contributed by atoms with Crippen LogP contribution in [0.5, 0.6) is 0 Å². The average Bonchev–Trinajstić information content (AvgIpc) is 3.21. The summed E-state index contributed by atoms with van der Waals surface area (Å²) < 4.78 is 22.4. The van der Waals surface area contributed by atoms with Crippen LogP contribution in [0.2, 0.25) is 0 Å². The fourth-order valence-corrected chi connectivity index (χ4v) is 7.15. The first-order valence-corrected chi connectivity index (χ1v) is 22.1. The van der Waals surface area contributed by atoms with Crippen LogP contribution in [-0.2, 0) is 23.7 Å². The van der Waals surface area contributed by atoms with E-state index in [1.165, 1.54) is 83.5 Å². The molecule has 0 aliphatic carbocycles. The summed E-state index contributed by atoms with van der Waals surface area (Å²) in [5.74, 6) is -0.253. The van der Waals surface area contributed by atoms with Crippen molar-refractivity contribution in [1.82, 2.24) is 5.32 Å². The van der Waals surface area contributed by atoms with Gasteiger partial charge in [0.15, 0.2) is 12.6 Å². The molecule has 14 heteroatoms. The number of aliphatic hydroxyl groups excluding tert-OH is 8. The van der Waals surface area contributed by atoms with Gasteiger partial charge >= 0.3 is 0 Å². The highest BCUT2D eigenvalue weighted by Crippen LogP contribution is 2.30. The maximum atomic E-state index is 13.0. The lowest BCUT2D eigenvalue weighted by atomic mass is 9.97. The normalized spacial score (nSPS) is 29.3. The zero-order valence-corrected chi connectivity index (χ0v) is 34.8. The van der Waals surface area contributed by atoms with Crippen molar-refractivity contribution in [2.24, 2.45) is 0 Å². The number of carbonyl (C=O) groups is 1. The van der Waals surface area contributed by atoms with E-state index in [1.54, 1.807) is 6.08 Å². The Labute approximate surface area is 341 Å². The number of aliphatic hydroxyl groups is 8. The molecule has 9 N–H and O–H groups in total. The third kappa shape index (κ3) is 20.1. The van der Waals surface area contributed by atoms with Gasteiger partial charge in [0.05, 0.1) is 32.0 Å². The van der Waals surface area contributed by atoms with Crippen molar-refractivity contribution >= 4 is 5.91 Å². The van der Waals surface area contributed by atoms with E-state index in [4.69, 9.17) is 18.9 Å². The van der Waals surface area contributed by atoms with Crippen molar-refractivity contribution in [2.75, 3.05) is 19.8 Å². The second-order valence-corrected chi connectivity index (χ2v) is 15.8. The monoisotopic (exact) mass is 818 g/mol. The van der Waals surface area contributed by atoms with Crippen molar-refractivity contribution in [1.29, 1.82) is 0 Å². The molecule has 2 saturated heterocycles. The van der Waals surface area contributed by atoms with Crippen molar-refractivity contribution in [3.05, 3.63) is 24.3 Å². The first-order valence-electron chi connectivity index (χ1n) is 22.1. The zero-order valence-electron chi connectivity index (χ0n) is 34.8. The van der Waals surface area contributed by atoms with Gasteiger partial charge in [0.1, 0.15) is 48.8 Å². The van der Waals surface area contributed by atoms with E-state index >= 15 is 0 Å². The van der Waals surface area contributed by atoms with Gasteiger partial charge in [-0.25, -0.2) is 0 Å². The molecule has 12 unspecified atom stereocenters. The van der Waals surface area contributed by atoms with E-state index in [1.807, 2.05) is 6.08 Å². The summed E-state index contributed by atoms with van der Waals surface area (Å²) in [5.41, 5.74) is 0. The van der Waals surface area contributed by atoms with Gasteiger partial charge in [0.25, 0.3) is 0 Å². The van der Waals surface area contributed by atoms with Gasteiger partial charge in [0, 0.05) is 6.42 Å². The largest absolute Gasteiger partial charge is 0.394 e. The number of ether oxygens (including phenoxy) is 4. The molecule has 57 heavy (non-hydrogen) atoms. The number of hydrogen-bond donors (Lipinski definition) is 9. The summed E-state index contributed by atoms with van der Waals surface area (Å²) in [5, 5.41) is 85.8. The highest BCUT2D eigenvalue weighted by molar-refractivity contribution is 5.76. The number of carbonyl (C=O) groups excluding carboxylic acids is 1. The van der Waals surface area contributed by atoms with Gasteiger partial charge in [-0.3, -0.25) is 4.79 Å². The van der Waals surface area contributed by atoms with Crippen LogP contribution in [0, 0.1) is 0 Å². The van der Waals surface area contributed by atoms with Gasteiger partial charge in [-0.05, 0) is 38.5 Å². The minimum atomic E-state index is -1.78. The Balaban J connectivity index is 1.75. The molecule has 2 aliphatic rings. The van der Waals surface area contributed by atoms with Gasteiger partial charge < -0.3 is 65.1 Å². The minimum absolute atomic E-state index is 0.253. The molecular weight excluding hydrogens is 738 g/mol. The summed E-state index contributed by atoms with van der Waals surface area (Å²) in [6, 6.07) is -0.908. The molecule has 0 saturated carbocycles. The Morgan fingerprint density at radius 3 is 1.70 bits per heavy atom. The van der Waals surface area contributed by atoms with E-state index in [0.717, 1.165) is 38.5 Å². The SMILES string of the molecule is CCCC/C=C/C(O)C(COC1OC(CO)C(OC2OC(CO)C(O)C(O)C2O)C(O)C1O)NC(=O)CCCCCCCCCCC/C=C\CCCCCCCC. The van der Waals surface area contributed by atoms with Crippen LogP contribution >= 0.6 is 0 Å². The van der Waals surface area contributed by atoms with Crippen molar-refractivity contribution in [2.45, 2.75) is 222 Å². The molecule has 0 aromatic rings. The Morgan fingerprint density at radius 2 is 1.12 bits per heavy atom. The first kappa shape index (κ1) is 51.6. The van der Waals surface area contributed by atoms with Crippen LogP contribution in [0.15, 0.2) is 24.3 Å². The highest BCUT2D eigenvalue weighted by Gasteiger charge is 2.50. The molecule has 0 aromatic carbocycles. The van der Waals surface area contributed by atoms with Crippen LogP contribution in [0.4, 0.5) is 0 Å². The molecule has 1 amide bonds. The van der Waals surface area contributed by atoms with E-state index in [9.17, 15) is 45.6 Å². The fraction of sp³-hybridized carbons (Fsp3) is 0.884. The Hall–Kier alpha value is -1.53. The number of amides is 1. The maximum Gasteiger partial charge on any atom is 0.220 e. The van der Waals surface area contributed by atoms with Crippen LogP contribution in [0.25, 0.3) is 0 Å². The Kier molecular flexibility index (Phi) is 28.4. The number of nitrogens with one attached hydrogen (secondary N) is 1. The van der Waals surface area contributed by atoms with Crippen LogP contribution in [0.1, 0.15) is 149 Å². The van der Waals surface area contributed by atoms with Crippen LogP contribution in [-0.4, -0.2) is 140 Å². The molecule has 14 nitrogen and oxygen atoms in total. The van der Waals surface area contributed by atoms with Crippen LogP contribution < -0.4 is 5.32 Å². The van der Waals surface area contributed by atoms with Gasteiger partial charge in [-0.1, -0.05) is 128 Å². The molecule has 2 aliphatic heterocycles. The predicted molar refractivity (Wildman–Crippen MR) is 217 cm³/mol. The average molecular weight is 818 g/mol. The molecule has 12 atom stereocenters. The number of unbranched alkanes of at least 4 members (excludes halogenated alkanes) is 17. The summed E-state index contributed by atoms with van der Waals surface area (Å²) in [6.07, 6.45) is 14.5. The summed E-state index contributed by atoms with van der Waals surface area (Å²) in [4.78, 5) is 13.0. The lowest BCUT2D eigenvalue weighted by Gasteiger charge is -2.46. The van der Waals surface area contributed by atoms with Crippen molar-refractivity contribution in [3.8, 4) is 0 Å². The number of allylic oxidation sites excluding steroid dienone is 3. The van der Waals surface area contributed by atoms with E-state index in [2.05, 4.69) is 31.3 Å². The standard InChI is InChI=1S/C43H79NO13/c1-3-5-7-9-10-11-12-13-14-15-16-17-18-19-20-21-22-23-25-27-35(48)44-31(32(47)26-24-8-6-4-2)30-54-42-40(53)38(51)41(34(29-46)56-42)57-43-39(52)37(50)36(49)33(28-45)55-43/h13-14,24,26,31-34,36-43,45-47,49-53H,3-12,15-23,25,27-30H2,1-2H3,(H,44,48)/b14-13-,26-24+. The quantitative estimate of drug-likeness (QED) is 0.0348. The molecule has 0 aromatic heterocycles. The maximum absolute atomic E-state index is 13.0. The summed E-state index contributed by atoms with van der Waals surface area (Å²) in [7, 11) is 0. The minimum Gasteiger partial charge on any atom is -0.394 e. The lowest BCUT2D eigenvalue weighted by Crippen LogP contribution is -2.65. The topological polar surface area (TPSA) is 228 Å². The third-order valence-corrected chi connectivity index (χ3v) is 10.9. The molecule has 0 radical (unpaired) electrons. The molecule has 2 heterocycles. The third-order valence-electron chi connectivity index (χ3n) is 10.9. The second kappa shape index (κ2) is 31.4. The molecule has 2 rings (SSSR count). The van der Waals surface area contributed by atoms with Gasteiger partial charge in [0.2, 0.25) is 5.91 Å². The number of rotatable bonds is 32. The summed E-state index contributed by atoms with van der Waals surface area (Å²) >= 11 is 0. The van der Waals surface area contributed by atoms with E-state index < -0.39 is 86.8 Å². The second-order valence-electron chi connectivity index (χ2n) is 15.8. The summed E-state index contributed by atoms with van der Waals surface area (Å²) in [6.45, 7) is 2.59. The number of hydrogen-bond acceptors (Lipinski definition) is 13. The molecule has 0 bridgehead atoms. The van der Waals surface area contributed by atoms with E-state index in [-0.39, 0.29) is 18.9 Å². The Bertz CT molecular complexity index is 1060. The smallest absolute Gasteiger partial charge is 0.220 e. The van der Waals surface area contributed by atoms with Crippen LogP contribution in [0.3, 0.4) is 0 Å². The fourth-order valence-electron chi connectivity index (χ4n) is 7.15.